The van der Waals surface area contributed by atoms with Gasteiger partial charge in [0.15, 0.2) is 0 Å². The summed E-state index contributed by atoms with van der Waals surface area (Å²) in [6, 6.07) is 13.5. The summed E-state index contributed by atoms with van der Waals surface area (Å²) >= 11 is 0. The Morgan fingerprint density at radius 1 is 0.892 bits per heavy atom. The van der Waals surface area contributed by atoms with Crippen LogP contribution in [0.4, 0.5) is 4.79 Å². The molecule has 0 aliphatic heterocycles. The van der Waals surface area contributed by atoms with Gasteiger partial charge in [-0.2, -0.15) is 0 Å². The molecule has 1 aromatic heterocycles. The van der Waals surface area contributed by atoms with E-state index < -0.39 is 42.0 Å². The number of carbonyl (C=O) groups excluding carboxylic acids is 3. The van der Waals surface area contributed by atoms with Crippen LogP contribution in [0.25, 0.3) is 10.9 Å². The number of aromatic nitrogens is 1. The first-order chi connectivity index (χ1) is 17.7. The molecular weight excluding hydrogens is 476 g/mol. The first kappa shape index (κ1) is 27.3. The Kier molecular flexibility index (Phi) is 9.26. The van der Waals surface area contributed by atoms with Gasteiger partial charge in [0, 0.05) is 23.5 Å². The fraction of sp³-hybridized carbons (Fsp3) is 0.333. The minimum Gasteiger partial charge on any atom is -0.480 e. The average Bonchev–Trinajstić information content (AvgIpc) is 3.28. The van der Waals surface area contributed by atoms with Crippen molar-refractivity contribution in [3.63, 3.8) is 0 Å². The number of carboxylic acid groups (broad SMARTS) is 1. The summed E-state index contributed by atoms with van der Waals surface area (Å²) in [7, 11) is 0. The predicted molar refractivity (Wildman–Crippen MR) is 138 cm³/mol. The molecule has 10 nitrogen and oxygen atoms in total. The molecule has 5 N–H and O–H groups in total. The predicted octanol–water partition coefficient (Wildman–Crippen LogP) is 2.74. The third-order valence-electron chi connectivity index (χ3n) is 5.90. The number of amides is 3. The number of rotatable bonds is 11. The van der Waals surface area contributed by atoms with Gasteiger partial charge in [0.2, 0.25) is 11.8 Å². The topological polar surface area (TPSA) is 150 Å². The Morgan fingerprint density at radius 3 is 2.24 bits per heavy atom. The SMILES string of the molecule is CC(C)[C@H](NC(=O)[C@H](C)NC(=O)[C@H](Cc1c[nH]c2ccccc12)NC(=O)OCc1ccccc1)C(=O)O. The highest BCUT2D eigenvalue weighted by atomic mass is 16.5. The van der Waals surface area contributed by atoms with E-state index in [1.54, 1.807) is 20.0 Å². The van der Waals surface area contributed by atoms with Gasteiger partial charge >= 0.3 is 12.1 Å². The number of ether oxygens (including phenoxy) is 1. The van der Waals surface area contributed by atoms with Crippen LogP contribution in [0.3, 0.4) is 0 Å². The summed E-state index contributed by atoms with van der Waals surface area (Å²) in [5.74, 6) is -2.77. The number of H-pyrrole nitrogens is 1. The maximum absolute atomic E-state index is 13.2. The number of aromatic amines is 1. The number of para-hydroxylation sites is 1. The second-order valence-corrected chi connectivity index (χ2v) is 9.12. The fourth-order valence-electron chi connectivity index (χ4n) is 3.81. The lowest BCUT2D eigenvalue weighted by Gasteiger charge is -2.23. The largest absolute Gasteiger partial charge is 0.480 e. The van der Waals surface area contributed by atoms with E-state index in [1.165, 1.54) is 6.92 Å². The number of alkyl carbamates (subject to hydrolysis) is 1. The first-order valence-electron chi connectivity index (χ1n) is 12.0. The maximum Gasteiger partial charge on any atom is 0.408 e. The van der Waals surface area contributed by atoms with Crippen LogP contribution in [0.2, 0.25) is 0 Å². The number of carboxylic acids is 1. The van der Waals surface area contributed by atoms with E-state index in [-0.39, 0.29) is 18.9 Å². The normalized spacial score (nSPS) is 13.4. The van der Waals surface area contributed by atoms with Gasteiger partial charge in [0.1, 0.15) is 24.7 Å². The molecule has 3 amide bonds. The zero-order valence-electron chi connectivity index (χ0n) is 21.0. The number of hydrogen-bond donors (Lipinski definition) is 5. The van der Waals surface area contributed by atoms with Crippen molar-refractivity contribution in [3.05, 3.63) is 71.9 Å². The molecule has 0 fully saturated rings. The molecule has 0 saturated heterocycles. The van der Waals surface area contributed by atoms with Crippen LogP contribution in [-0.4, -0.2) is 52.1 Å². The highest BCUT2D eigenvalue weighted by molar-refractivity contribution is 5.93. The Bertz CT molecular complexity index is 1240. The molecule has 0 unspecified atom stereocenters. The molecule has 0 spiro atoms. The van der Waals surface area contributed by atoms with E-state index in [9.17, 15) is 24.3 Å². The van der Waals surface area contributed by atoms with Crippen molar-refractivity contribution < 1.29 is 29.0 Å². The smallest absolute Gasteiger partial charge is 0.408 e. The monoisotopic (exact) mass is 508 g/mol. The Morgan fingerprint density at radius 2 is 1.57 bits per heavy atom. The van der Waals surface area contributed by atoms with E-state index >= 15 is 0 Å². The van der Waals surface area contributed by atoms with Gasteiger partial charge in [0.25, 0.3) is 0 Å². The number of aliphatic carboxylic acids is 1. The van der Waals surface area contributed by atoms with Gasteiger partial charge in [0.05, 0.1) is 0 Å². The highest BCUT2D eigenvalue weighted by Crippen LogP contribution is 2.19. The lowest BCUT2D eigenvalue weighted by atomic mass is 10.0. The number of nitrogens with one attached hydrogen (secondary N) is 4. The molecule has 0 saturated carbocycles. The van der Waals surface area contributed by atoms with Crippen molar-refractivity contribution in [2.45, 2.75) is 51.9 Å². The molecule has 0 aliphatic carbocycles. The second kappa shape index (κ2) is 12.6. The molecule has 196 valence electrons. The Balaban J connectivity index is 1.71. The molecule has 37 heavy (non-hydrogen) atoms. The molecule has 0 aliphatic rings. The van der Waals surface area contributed by atoms with Gasteiger partial charge in [-0.3, -0.25) is 9.59 Å². The summed E-state index contributed by atoms with van der Waals surface area (Å²) in [6.07, 6.45) is 1.11. The number of benzene rings is 2. The standard InChI is InChI=1S/C27H32N4O6/c1-16(2)23(26(34)35)31-24(32)17(3)29-25(33)22(13-19-14-28-21-12-8-7-11-20(19)21)30-27(36)37-15-18-9-5-4-6-10-18/h4-12,14,16-17,22-23,28H,13,15H2,1-3H3,(H,29,33)(H,30,36)(H,31,32)(H,34,35)/t17-,22-,23-/m0/s1. The molecule has 0 radical (unpaired) electrons. The average molecular weight is 509 g/mol. The molecule has 3 aromatic rings. The van der Waals surface area contributed by atoms with Crippen molar-refractivity contribution in [2.75, 3.05) is 0 Å². The van der Waals surface area contributed by atoms with Gasteiger partial charge in [-0.05, 0) is 30.0 Å². The third kappa shape index (κ3) is 7.57. The Hall–Kier alpha value is -4.34. The van der Waals surface area contributed by atoms with Gasteiger partial charge in [-0.1, -0.05) is 62.4 Å². The number of carbonyl (C=O) groups is 4. The van der Waals surface area contributed by atoms with Crippen molar-refractivity contribution >= 4 is 34.8 Å². The molecule has 3 rings (SSSR count). The van der Waals surface area contributed by atoms with E-state index in [0.29, 0.717) is 0 Å². The van der Waals surface area contributed by atoms with Crippen molar-refractivity contribution in [2.24, 2.45) is 5.92 Å². The number of fused-ring (bicyclic) bond motifs is 1. The van der Waals surface area contributed by atoms with Crippen molar-refractivity contribution in [3.8, 4) is 0 Å². The lowest BCUT2D eigenvalue weighted by molar-refractivity contribution is -0.143. The molecule has 3 atom stereocenters. The zero-order valence-corrected chi connectivity index (χ0v) is 21.0. The zero-order chi connectivity index (χ0) is 26.9. The van der Waals surface area contributed by atoms with Crippen LogP contribution in [0.1, 0.15) is 31.9 Å². The second-order valence-electron chi connectivity index (χ2n) is 9.12. The summed E-state index contributed by atoms with van der Waals surface area (Å²) < 4.78 is 5.29. The van der Waals surface area contributed by atoms with Crippen molar-refractivity contribution in [1.82, 2.24) is 20.9 Å². The molecular formula is C27H32N4O6. The number of hydrogen-bond acceptors (Lipinski definition) is 5. The summed E-state index contributed by atoms with van der Waals surface area (Å²) in [4.78, 5) is 52.9. The molecule has 2 aromatic carbocycles. The van der Waals surface area contributed by atoms with Crippen LogP contribution in [0, 0.1) is 5.92 Å². The maximum atomic E-state index is 13.2. The summed E-state index contributed by atoms with van der Waals surface area (Å²) in [5, 5.41) is 17.9. The van der Waals surface area contributed by atoms with Gasteiger partial charge in [-0.15, -0.1) is 0 Å². The molecule has 0 bridgehead atoms. The van der Waals surface area contributed by atoms with Crippen LogP contribution in [0.15, 0.2) is 60.8 Å². The first-order valence-corrected chi connectivity index (χ1v) is 12.0. The Labute approximate surface area is 214 Å². The highest BCUT2D eigenvalue weighted by Gasteiger charge is 2.29. The van der Waals surface area contributed by atoms with E-state index in [2.05, 4.69) is 20.9 Å². The van der Waals surface area contributed by atoms with Gasteiger partial charge in [-0.25, -0.2) is 9.59 Å². The van der Waals surface area contributed by atoms with E-state index in [1.807, 2.05) is 54.6 Å². The van der Waals surface area contributed by atoms with Crippen LogP contribution in [-0.2, 0) is 32.1 Å². The summed E-state index contributed by atoms with van der Waals surface area (Å²) in [5.41, 5.74) is 2.46. The van der Waals surface area contributed by atoms with Gasteiger partial charge < -0.3 is 30.8 Å². The van der Waals surface area contributed by atoms with E-state index in [4.69, 9.17) is 4.74 Å². The molecule has 1 heterocycles. The fourth-order valence-corrected chi connectivity index (χ4v) is 3.81. The van der Waals surface area contributed by atoms with Crippen LogP contribution >= 0.6 is 0 Å². The van der Waals surface area contributed by atoms with Crippen LogP contribution in [0.5, 0.6) is 0 Å². The quantitative estimate of drug-likeness (QED) is 0.269. The minimum atomic E-state index is -1.16. The molecule has 10 heteroatoms. The summed E-state index contributed by atoms with van der Waals surface area (Å²) in [6.45, 7) is 4.82. The van der Waals surface area contributed by atoms with Crippen LogP contribution < -0.4 is 16.0 Å². The lowest BCUT2D eigenvalue weighted by Crippen LogP contribution is -2.56. The third-order valence-corrected chi connectivity index (χ3v) is 5.90. The van der Waals surface area contributed by atoms with Crippen molar-refractivity contribution in [1.29, 1.82) is 0 Å². The minimum absolute atomic E-state index is 0.0265. The van der Waals surface area contributed by atoms with E-state index in [0.717, 1.165) is 22.0 Å².